The van der Waals surface area contributed by atoms with Gasteiger partial charge in [-0.05, 0) is 60.0 Å². The highest BCUT2D eigenvalue weighted by Crippen LogP contribution is 2.28. The third-order valence-electron chi connectivity index (χ3n) is 5.59. The maximum Gasteiger partial charge on any atom is 0.255 e. The Morgan fingerprint density at radius 2 is 1.64 bits per heavy atom. The summed E-state index contributed by atoms with van der Waals surface area (Å²) in [5.74, 6) is 0.536. The fraction of sp³-hybridized carbons (Fsp3) is 0.231. The van der Waals surface area contributed by atoms with Crippen LogP contribution in [0.15, 0.2) is 66.7 Å². The fourth-order valence-corrected chi connectivity index (χ4v) is 3.82. The normalized spacial score (nSPS) is 14.7. The lowest BCUT2D eigenvalue weighted by molar-refractivity contribution is 0.0411. The van der Waals surface area contributed by atoms with Gasteiger partial charge >= 0.3 is 0 Å². The van der Waals surface area contributed by atoms with Gasteiger partial charge in [-0.2, -0.15) is 0 Å². The van der Waals surface area contributed by atoms with Crippen molar-refractivity contribution in [3.05, 3.63) is 89.0 Å². The zero-order valence-corrected chi connectivity index (χ0v) is 18.6. The first-order valence-electron chi connectivity index (χ1n) is 10.7. The van der Waals surface area contributed by atoms with Crippen LogP contribution in [0, 0.1) is 0 Å². The number of methoxy groups -OCH3 is 2. The van der Waals surface area contributed by atoms with Crippen molar-refractivity contribution in [3.8, 4) is 11.5 Å². The molecule has 2 amide bonds. The molecule has 0 aliphatic carbocycles. The van der Waals surface area contributed by atoms with Gasteiger partial charge in [-0.3, -0.25) is 9.59 Å². The molecular formula is C26H26N2O5. The molecule has 7 heteroatoms. The number of ether oxygens (including phenoxy) is 3. The molecule has 3 aromatic carbocycles. The Balaban J connectivity index is 1.35. The third kappa shape index (κ3) is 5.15. The van der Waals surface area contributed by atoms with E-state index in [-0.39, 0.29) is 17.9 Å². The molecule has 0 unspecified atom stereocenters. The average molecular weight is 447 g/mol. The highest BCUT2D eigenvalue weighted by atomic mass is 16.5. The van der Waals surface area contributed by atoms with Gasteiger partial charge in [-0.25, -0.2) is 0 Å². The number of amides is 2. The summed E-state index contributed by atoms with van der Waals surface area (Å²) in [7, 11) is 3.05. The smallest absolute Gasteiger partial charge is 0.255 e. The zero-order valence-electron chi connectivity index (χ0n) is 18.6. The van der Waals surface area contributed by atoms with Crippen molar-refractivity contribution in [2.75, 3.05) is 32.7 Å². The van der Waals surface area contributed by atoms with Gasteiger partial charge in [0.05, 0.1) is 20.8 Å². The molecule has 2 N–H and O–H groups in total. The molecule has 0 spiro atoms. The molecule has 170 valence electrons. The molecule has 1 aliphatic rings. The van der Waals surface area contributed by atoms with E-state index < -0.39 is 0 Å². The maximum atomic E-state index is 12.6. The number of anilines is 1. The van der Waals surface area contributed by atoms with Gasteiger partial charge in [0.2, 0.25) is 0 Å². The molecule has 1 atom stereocenters. The van der Waals surface area contributed by atoms with Crippen molar-refractivity contribution in [1.29, 1.82) is 0 Å². The van der Waals surface area contributed by atoms with Crippen LogP contribution in [0.2, 0.25) is 0 Å². The number of hydrogen-bond donors (Lipinski definition) is 2. The molecule has 3 aromatic rings. The van der Waals surface area contributed by atoms with Crippen LogP contribution in [0.1, 0.15) is 37.9 Å². The second kappa shape index (κ2) is 10.2. The summed E-state index contributed by atoms with van der Waals surface area (Å²) in [4.78, 5) is 25.2. The van der Waals surface area contributed by atoms with Gasteiger partial charge in [0.15, 0.2) is 11.5 Å². The Hall–Kier alpha value is -3.84. The number of carbonyl (C=O) groups is 2. The van der Waals surface area contributed by atoms with Crippen LogP contribution in [0.5, 0.6) is 11.5 Å². The van der Waals surface area contributed by atoms with Crippen LogP contribution in [-0.2, 0) is 11.2 Å². The van der Waals surface area contributed by atoms with E-state index in [0.29, 0.717) is 41.5 Å². The predicted molar refractivity (Wildman–Crippen MR) is 125 cm³/mol. The molecule has 0 aromatic heterocycles. The zero-order chi connectivity index (χ0) is 23.2. The largest absolute Gasteiger partial charge is 0.493 e. The molecule has 0 saturated carbocycles. The van der Waals surface area contributed by atoms with E-state index in [2.05, 4.69) is 16.7 Å². The van der Waals surface area contributed by atoms with Crippen molar-refractivity contribution in [2.45, 2.75) is 12.5 Å². The van der Waals surface area contributed by atoms with Gasteiger partial charge in [0.1, 0.15) is 6.10 Å². The molecule has 33 heavy (non-hydrogen) atoms. The summed E-state index contributed by atoms with van der Waals surface area (Å²) in [6.45, 7) is 1.04. The molecule has 0 fully saturated rings. The number of fused-ring (bicyclic) bond motifs is 1. The number of nitrogens with one attached hydrogen (secondary N) is 2. The second-order valence-corrected chi connectivity index (χ2v) is 7.62. The van der Waals surface area contributed by atoms with Gasteiger partial charge in [-0.1, -0.05) is 24.3 Å². The molecule has 0 radical (unpaired) electrons. The number of rotatable bonds is 7. The summed E-state index contributed by atoms with van der Waals surface area (Å²) in [6.07, 6.45) is 0.732. The van der Waals surface area contributed by atoms with E-state index in [1.807, 2.05) is 18.2 Å². The van der Waals surface area contributed by atoms with Gasteiger partial charge < -0.3 is 24.8 Å². The molecule has 7 nitrogen and oxygen atoms in total. The molecule has 1 heterocycles. The minimum Gasteiger partial charge on any atom is -0.493 e. The molecule has 1 aliphatic heterocycles. The van der Waals surface area contributed by atoms with E-state index in [1.54, 1.807) is 42.5 Å². The molecular weight excluding hydrogens is 420 g/mol. The predicted octanol–water partition coefficient (Wildman–Crippen LogP) is 4.00. The Bertz CT molecular complexity index is 1140. The van der Waals surface area contributed by atoms with E-state index in [4.69, 9.17) is 14.2 Å². The van der Waals surface area contributed by atoms with Crippen molar-refractivity contribution < 1.29 is 23.8 Å². The van der Waals surface area contributed by atoms with Crippen LogP contribution < -0.4 is 20.1 Å². The lowest BCUT2D eigenvalue weighted by atomic mass is 9.97. The fourth-order valence-electron chi connectivity index (χ4n) is 3.82. The van der Waals surface area contributed by atoms with Gasteiger partial charge in [-0.15, -0.1) is 0 Å². The number of hydrogen-bond acceptors (Lipinski definition) is 5. The minimum atomic E-state index is -0.290. The first kappa shape index (κ1) is 22.4. The standard InChI is InChI=1S/C26H26N2O5/c1-31-22-12-9-19(15-23(22)32-2)26(30)28-20-10-7-18(8-11-20)25(29)27-16-24-21-6-4-3-5-17(21)13-14-33-24/h3-12,15,24H,13-14,16H2,1-2H3,(H,27,29)(H,28,30)/t24-/m1/s1. The highest BCUT2D eigenvalue weighted by Gasteiger charge is 2.21. The van der Waals surface area contributed by atoms with Crippen molar-refractivity contribution >= 4 is 17.5 Å². The van der Waals surface area contributed by atoms with Crippen LogP contribution in [0.4, 0.5) is 5.69 Å². The number of benzene rings is 3. The van der Waals surface area contributed by atoms with Crippen LogP contribution in [-0.4, -0.2) is 39.2 Å². The summed E-state index contributed by atoms with van der Waals surface area (Å²) in [5, 5.41) is 5.76. The van der Waals surface area contributed by atoms with Crippen LogP contribution in [0.25, 0.3) is 0 Å². The first-order valence-corrected chi connectivity index (χ1v) is 10.7. The first-order chi connectivity index (χ1) is 16.1. The maximum absolute atomic E-state index is 12.6. The Kier molecular flexibility index (Phi) is 6.90. The summed E-state index contributed by atoms with van der Waals surface area (Å²) in [6, 6.07) is 19.8. The average Bonchev–Trinajstić information content (AvgIpc) is 2.87. The summed E-state index contributed by atoms with van der Waals surface area (Å²) in [5.41, 5.74) is 3.90. The van der Waals surface area contributed by atoms with E-state index >= 15 is 0 Å². The van der Waals surface area contributed by atoms with Gasteiger partial charge in [0, 0.05) is 23.4 Å². The quantitative estimate of drug-likeness (QED) is 0.573. The van der Waals surface area contributed by atoms with E-state index in [0.717, 1.165) is 12.0 Å². The summed E-state index contributed by atoms with van der Waals surface area (Å²) < 4.78 is 16.3. The van der Waals surface area contributed by atoms with E-state index in [9.17, 15) is 9.59 Å². The van der Waals surface area contributed by atoms with Crippen LogP contribution >= 0.6 is 0 Å². The Labute approximate surface area is 192 Å². The Morgan fingerprint density at radius 1 is 0.909 bits per heavy atom. The summed E-state index contributed by atoms with van der Waals surface area (Å²) >= 11 is 0. The van der Waals surface area contributed by atoms with Gasteiger partial charge in [0.25, 0.3) is 11.8 Å². The van der Waals surface area contributed by atoms with Crippen LogP contribution in [0.3, 0.4) is 0 Å². The number of carbonyl (C=O) groups excluding carboxylic acids is 2. The Morgan fingerprint density at radius 3 is 2.39 bits per heavy atom. The highest BCUT2D eigenvalue weighted by molar-refractivity contribution is 6.05. The molecule has 4 rings (SSSR count). The SMILES string of the molecule is COc1ccc(C(=O)Nc2ccc(C(=O)NC[C@H]3OCCc4ccccc43)cc2)cc1OC. The van der Waals surface area contributed by atoms with Crippen molar-refractivity contribution in [1.82, 2.24) is 5.32 Å². The lowest BCUT2D eigenvalue weighted by Gasteiger charge is -2.26. The second-order valence-electron chi connectivity index (χ2n) is 7.62. The van der Waals surface area contributed by atoms with Crippen molar-refractivity contribution in [3.63, 3.8) is 0 Å². The van der Waals surface area contributed by atoms with E-state index in [1.165, 1.54) is 19.8 Å². The van der Waals surface area contributed by atoms with Crippen molar-refractivity contribution in [2.24, 2.45) is 0 Å². The third-order valence-corrected chi connectivity index (χ3v) is 5.59. The topological polar surface area (TPSA) is 85.9 Å². The monoisotopic (exact) mass is 446 g/mol. The lowest BCUT2D eigenvalue weighted by Crippen LogP contribution is -2.31. The molecule has 0 saturated heterocycles. The molecule has 0 bridgehead atoms. The minimum absolute atomic E-state index is 0.154.